The average Bonchev–Trinajstić information content (AvgIpc) is 2.57. The lowest BCUT2D eigenvalue weighted by Gasteiger charge is -2.35. The minimum absolute atomic E-state index is 0.368. The molecule has 0 bridgehead atoms. The van der Waals surface area contributed by atoms with Crippen molar-refractivity contribution >= 4 is 5.82 Å². The van der Waals surface area contributed by atoms with Crippen LogP contribution >= 0.6 is 0 Å². The molecule has 2 aliphatic rings. The van der Waals surface area contributed by atoms with Crippen LogP contribution in [0.5, 0.6) is 5.88 Å². The summed E-state index contributed by atoms with van der Waals surface area (Å²) in [5, 5.41) is 0. The molecule has 0 unspecified atom stereocenters. The lowest BCUT2D eigenvalue weighted by Crippen LogP contribution is -2.39. The molecule has 2 aliphatic heterocycles. The van der Waals surface area contributed by atoms with Crippen molar-refractivity contribution in [3.63, 3.8) is 0 Å². The van der Waals surface area contributed by atoms with Crippen LogP contribution in [0.2, 0.25) is 0 Å². The van der Waals surface area contributed by atoms with Crippen molar-refractivity contribution < 1.29 is 14.2 Å². The molecule has 6 nitrogen and oxygen atoms in total. The molecule has 3 heterocycles. The predicted molar refractivity (Wildman–Crippen MR) is 83.4 cm³/mol. The standard InChI is InChI=1S/C16H25N3O3/c1-2-21-16-11-15(17-12-18-16)19-7-3-13(4-8-19)22-14-5-9-20-10-6-14/h11-14H,2-10H2,1H3. The van der Waals surface area contributed by atoms with Gasteiger partial charge in [0, 0.05) is 32.4 Å². The second kappa shape index (κ2) is 7.74. The summed E-state index contributed by atoms with van der Waals surface area (Å²) in [5.74, 6) is 1.59. The maximum Gasteiger partial charge on any atom is 0.218 e. The molecule has 2 fully saturated rings. The molecule has 122 valence electrons. The van der Waals surface area contributed by atoms with Gasteiger partial charge in [-0.05, 0) is 32.6 Å². The number of piperidine rings is 1. The number of hydrogen-bond donors (Lipinski definition) is 0. The number of nitrogens with zero attached hydrogens (tertiary/aromatic N) is 3. The highest BCUT2D eigenvalue weighted by molar-refractivity contribution is 5.41. The Kier molecular flexibility index (Phi) is 5.45. The van der Waals surface area contributed by atoms with E-state index in [9.17, 15) is 0 Å². The fourth-order valence-corrected chi connectivity index (χ4v) is 3.03. The number of ether oxygens (including phenoxy) is 3. The molecular weight excluding hydrogens is 282 g/mol. The highest BCUT2D eigenvalue weighted by Gasteiger charge is 2.24. The minimum Gasteiger partial charge on any atom is -0.478 e. The fraction of sp³-hybridized carbons (Fsp3) is 0.750. The van der Waals surface area contributed by atoms with E-state index in [1.807, 2.05) is 13.0 Å². The molecule has 0 spiro atoms. The second-order valence-electron chi connectivity index (χ2n) is 5.78. The SMILES string of the molecule is CCOc1cc(N2CCC(OC3CCOCC3)CC2)ncn1. The third kappa shape index (κ3) is 4.08. The minimum atomic E-state index is 0.368. The summed E-state index contributed by atoms with van der Waals surface area (Å²) in [4.78, 5) is 10.8. The zero-order valence-corrected chi connectivity index (χ0v) is 13.2. The molecule has 0 amide bonds. The van der Waals surface area contributed by atoms with Crippen LogP contribution in [0.4, 0.5) is 5.82 Å². The Labute approximate surface area is 131 Å². The molecule has 1 aromatic rings. The molecule has 0 atom stereocenters. The van der Waals surface area contributed by atoms with Crippen LogP contribution in [0.15, 0.2) is 12.4 Å². The van der Waals surface area contributed by atoms with E-state index in [0.29, 0.717) is 24.7 Å². The van der Waals surface area contributed by atoms with E-state index in [0.717, 1.165) is 57.8 Å². The van der Waals surface area contributed by atoms with Crippen LogP contribution < -0.4 is 9.64 Å². The average molecular weight is 307 g/mol. The zero-order valence-electron chi connectivity index (χ0n) is 13.2. The van der Waals surface area contributed by atoms with Crippen LogP contribution in [-0.4, -0.2) is 55.1 Å². The third-order valence-electron chi connectivity index (χ3n) is 4.24. The predicted octanol–water partition coefficient (Wildman–Crippen LogP) is 2.04. The van der Waals surface area contributed by atoms with E-state index in [-0.39, 0.29) is 0 Å². The van der Waals surface area contributed by atoms with E-state index in [1.54, 1.807) is 6.33 Å². The van der Waals surface area contributed by atoms with Crippen LogP contribution in [0.25, 0.3) is 0 Å². The van der Waals surface area contributed by atoms with Gasteiger partial charge in [0.15, 0.2) is 0 Å². The van der Waals surface area contributed by atoms with E-state index in [4.69, 9.17) is 14.2 Å². The Hall–Kier alpha value is -1.40. The van der Waals surface area contributed by atoms with Crippen molar-refractivity contribution in [1.82, 2.24) is 9.97 Å². The maximum atomic E-state index is 6.21. The second-order valence-corrected chi connectivity index (χ2v) is 5.78. The van der Waals surface area contributed by atoms with Gasteiger partial charge in [-0.25, -0.2) is 9.97 Å². The third-order valence-corrected chi connectivity index (χ3v) is 4.24. The quantitative estimate of drug-likeness (QED) is 0.830. The van der Waals surface area contributed by atoms with Crippen LogP contribution in [0.3, 0.4) is 0 Å². The molecule has 0 saturated carbocycles. The largest absolute Gasteiger partial charge is 0.478 e. The van der Waals surface area contributed by atoms with Crippen molar-refractivity contribution in [2.45, 2.75) is 44.8 Å². The number of aromatic nitrogens is 2. The highest BCUT2D eigenvalue weighted by Crippen LogP contribution is 2.24. The molecular formula is C16H25N3O3. The van der Waals surface area contributed by atoms with Gasteiger partial charge in [-0.15, -0.1) is 0 Å². The number of rotatable bonds is 5. The molecule has 6 heteroatoms. The first kappa shape index (κ1) is 15.5. The van der Waals surface area contributed by atoms with Gasteiger partial charge < -0.3 is 19.1 Å². The molecule has 0 N–H and O–H groups in total. The van der Waals surface area contributed by atoms with Gasteiger partial charge in [0.2, 0.25) is 5.88 Å². The zero-order chi connectivity index (χ0) is 15.2. The monoisotopic (exact) mass is 307 g/mol. The van der Waals surface area contributed by atoms with Crippen molar-refractivity contribution in [2.24, 2.45) is 0 Å². The van der Waals surface area contributed by atoms with Crippen LogP contribution in [0, 0.1) is 0 Å². The van der Waals surface area contributed by atoms with Crippen molar-refractivity contribution in [1.29, 1.82) is 0 Å². The summed E-state index contributed by atoms with van der Waals surface area (Å²) < 4.78 is 17.0. The number of anilines is 1. The Morgan fingerprint density at radius 1 is 1.14 bits per heavy atom. The van der Waals surface area contributed by atoms with Gasteiger partial charge >= 0.3 is 0 Å². The summed E-state index contributed by atoms with van der Waals surface area (Å²) >= 11 is 0. The van der Waals surface area contributed by atoms with Gasteiger partial charge in [0.1, 0.15) is 12.1 Å². The van der Waals surface area contributed by atoms with Crippen molar-refractivity contribution in [3.05, 3.63) is 12.4 Å². The highest BCUT2D eigenvalue weighted by atomic mass is 16.5. The maximum absolute atomic E-state index is 6.21. The van der Waals surface area contributed by atoms with Gasteiger partial charge in [0.05, 0.1) is 18.8 Å². The summed E-state index contributed by atoms with van der Waals surface area (Å²) in [7, 11) is 0. The molecule has 3 rings (SSSR count). The van der Waals surface area contributed by atoms with E-state index in [1.165, 1.54) is 0 Å². The van der Waals surface area contributed by atoms with Gasteiger partial charge in [-0.3, -0.25) is 0 Å². The Morgan fingerprint density at radius 2 is 1.86 bits per heavy atom. The van der Waals surface area contributed by atoms with Gasteiger partial charge in [-0.1, -0.05) is 0 Å². The van der Waals surface area contributed by atoms with Crippen LogP contribution in [-0.2, 0) is 9.47 Å². The molecule has 0 aromatic carbocycles. The smallest absolute Gasteiger partial charge is 0.218 e. The summed E-state index contributed by atoms with van der Waals surface area (Å²) in [6.45, 7) is 6.20. The molecule has 0 aliphatic carbocycles. The fourth-order valence-electron chi connectivity index (χ4n) is 3.03. The molecule has 0 radical (unpaired) electrons. The van der Waals surface area contributed by atoms with Crippen molar-refractivity contribution in [3.8, 4) is 5.88 Å². The lowest BCUT2D eigenvalue weighted by atomic mass is 10.1. The lowest BCUT2D eigenvalue weighted by molar-refractivity contribution is -0.0743. The Bertz CT molecular complexity index is 458. The Balaban J connectivity index is 1.49. The topological polar surface area (TPSA) is 56.7 Å². The summed E-state index contributed by atoms with van der Waals surface area (Å²) in [5.41, 5.74) is 0. The Morgan fingerprint density at radius 3 is 2.59 bits per heavy atom. The summed E-state index contributed by atoms with van der Waals surface area (Å²) in [6.07, 6.45) is 6.48. The normalized spacial score (nSPS) is 21.0. The van der Waals surface area contributed by atoms with Crippen molar-refractivity contribution in [2.75, 3.05) is 37.8 Å². The molecule has 22 heavy (non-hydrogen) atoms. The first-order valence-electron chi connectivity index (χ1n) is 8.28. The van der Waals surface area contributed by atoms with Gasteiger partial charge in [-0.2, -0.15) is 0 Å². The van der Waals surface area contributed by atoms with E-state index >= 15 is 0 Å². The first-order valence-corrected chi connectivity index (χ1v) is 8.28. The summed E-state index contributed by atoms with van der Waals surface area (Å²) in [6, 6.07) is 1.92. The van der Waals surface area contributed by atoms with E-state index < -0.39 is 0 Å². The van der Waals surface area contributed by atoms with E-state index in [2.05, 4.69) is 14.9 Å². The molecule has 2 saturated heterocycles. The molecule has 1 aromatic heterocycles. The number of hydrogen-bond acceptors (Lipinski definition) is 6. The van der Waals surface area contributed by atoms with Gasteiger partial charge in [0.25, 0.3) is 0 Å². The van der Waals surface area contributed by atoms with Crippen LogP contribution in [0.1, 0.15) is 32.6 Å². The first-order chi connectivity index (χ1) is 10.8.